The van der Waals surface area contributed by atoms with Crippen LogP contribution in [0.25, 0.3) is 0 Å². The molecule has 0 aliphatic heterocycles. The molecule has 0 unspecified atom stereocenters. The van der Waals surface area contributed by atoms with Crippen molar-refractivity contribution in [2.75, 3.05) is 37.0 Å². The number of anilines is 2. The molecule has 1 aromatic rings. The first-order valence-electron chi connectivity index (χ1n) is 6.44. The summed E-state index contributed by atoms with van der Waals surface area (Å²) in [6, 6.07) is 1.92. The standard InChI is InChI=1S/C13H24N4O/c1-10(2)5-6-14-12-9-13(16-11(3)15-12)17(4)7-8-18/h9-10,18H,5-8H2,1-4H3,(H,14,15,16). The van der Waals surface area contributed by atoms with Gasteiger partial charge in [-0.1, -0.05) is 13.8 Å². The number of aromatic nitrogens is 2. The third-order valence-electron chi connectivity index (χ3n) is 2.68. The number of hydrogen-bond acceptors (Lipinski definition) is 5. The van der Waals surface area contributed by atoms with Gasteiger partial charge in [-0.25, -0.2) is 9.97 Å². The van der Waals surface area contributed by atoms with E-state index in [1.807, 2.05) is 24.9 Å². The quantitative estimate of drug-likeness (QED) is 0.773. The molecule has 0 atom stereocenters. The van der Waals surface area contributed by atoms with E-state index in [0.29, 0.717) is 12.5 Å². The molecule has 1 heterocycles. The lowest BCUT2D eigenvalue weighted by Gasteiger charge is -2.18. The van der Waals surface area contributed by atoms with Gasteiger partial charge in [-0.15, -0.1) is 0 Å². The van der Waals surface area contributed by atoms with Crippen LogP contribution in [0.3, 0.4) is 0 Å². The van der Waals surface area contributed by atoms with Crippen LogP contribution in [0.15, 0.2) is 6.07 Å². The normalized spacial score (nSPS) is 10.8. The highest BCUT2D eigenvalue weighted by molar-refractivity contribution is 5.48. The summed E-state index contributed by atoms with van der Waals surface area (Å²) in [6.45, 7) is 7.89. The van der Waals surface area contributed by atoms with Crippen LogP contribution in [0.1, 0.15) is 26.1 Å². The predicted octanol–water partition coefficient (Wildman–Crippen LogP) is 1.67. The lowest BCUT2D eigenvalue weighted by molar-refractivity contribution is 0.304. The highest BCUT2D eigenvalue weighted by atomic mass is 16.3. The van der Waals surface area contributed by atoms with Crippen LogP contribution >= 0.6 is 0 Å². The monoisotopic (exact) mass is 252 g/mol. The fraction of sp³-hybridized carbons (Fsp3) is 0.692. The number of aliphatic hydroxyl groups is 1. The predicted molar refractivity (Wildman–Crippen MR) is 75.1 cm³/mol. The zero-order valence-electron chi connectivity index (χ0n) is 11.8. The maximum Gasteiger partial charge on any atom is 0.134 e. The Balaban J connectivity index is 2.68. The first-order chi connectivity index (χ1) is 8.52. The summed E-state index contributed by atoms with van der Waals surface area (Å²) in [6.07, 6.45) is 1.12. The van der Waals surface area contributed by atoms with E-state index in [1.54, 1.807) is 0 Å². The van der Waals surface area contributed by atoms with E-state index in [4.69, 9.17) is 5.11 Å². The molecule has 0 spiro atoms. The molecular formula is C13H24N4O. The number of aryl methyl sites for hydroxylation is 1. The maximum absolute atomic E-state index is 8.94. The molecule has 1 aromatic heterocycles. The van der Waals surface area contributed by atoms with Gasteiger partial charge in [0.05, 0.1) is 6.61 Å². The van der Waals surface area contributed by atoms with Gasteiger partial charge in [0.1, 0.15) is 17.5 Å². The van der Waals surface area contributed by atoms with Gasteiger partial charge in [0.2, 0.25) is 0 Å². The largest absolute Gasteiger partial charge is 0.395 e. The zero-order chi connectivity index (χ0) is 13.5. The fourth-order valence-corrected chi connectivity index (χ4v) is 1.59. The van der Waals surface area contributed by atoms with E-state index in [9.17, 15) is 0 Å². The van der Waals surface area contributed by atoms with Crippen LogP contribution in [0, 0.1) is 12.8 Å². The van der Waals surface area contributed by atoms with Gasteiger partial charge in [-0.3, -0.25) is 0 Å². The molecule has 102 valence electrons. The van der Waals surface area contributed by atoms with E-state index in [2.05, 4.69) is 29.1 Å². The first-order valence-corrected chi connectivity index (χ1v) is 6.44. The smallest absolute Gasteiger partial charge is 0.134 e. The van der Waals surface area contributed by atoms with Crippen molar-refractivity contribution in [1.29, 1.82) is 0 Å². The van der Waals surface area contributed by atoms with Gasteiger partial charge in [-0.2, -0.15) is 0 Å². The van der Waals surface area contributed by atoms with E-state index in [1.165, 1.54) is 0 Å². The highest BCUT2D eigenvalue weighted by Gasteiger charge is 2.06. The molecule has 0 radical (unpaired) electrons. The Morgan fingerprint density at radius 1 is 1.39 bits per heavy atom. The van der Waals surface area contributed by atoms with Crippen molar-refractivity contribution in [3.05, 3.63) is 11.9 Å². The van der Waals surface area contributed by atoms with Crippen molar-refractivity contribution in [3.8, 4) is 0 Å². The molecule has 0 saturated heterocycles. The van der Waals surface area contributed by atoms with Crippen molar-refractivity contribution in [2.24, 2.45) is 5.92 Å². The van der Waals surface area contributed by atoms with Crippen LogP contribution in [0.2, 0.25) is 0 Å². The van der Waals surface area contributed by atoms with Gasteiger partial charge in [-0.05, 0) is 19.3 Å². The molecule has 5 nitrogen and oxygen atoms in total. The maximum atomic E-state index is 8.94. The van der Waals surface area contributed by atoms with E-state index >= 15 is 0 Å². The second kappa shape index (κ2) is 7.16. The average molecular weight is 252 g/mol. The highest BCUT2D eigenvalue weighted by Crippen LogP contribution is 2.14. The van der Waals surface area contributed by atoms with Crippen molar-refractivity contribution >= 4 is 11.6 Å². The van der Waals surface area contributed by atoms with Crippen LogP contribution in [-0.4, -0.2) is 41.8 Å². The van der Waals surface area contributed by atoms with Gasteiger partial charge in [0.15, 0.2) is 0 Å². The summed E-state index contributed by atoms with van der Waals surface area (Å²) in [5, 5.41) is 12.3. The molecule has 0 aliphatic carbocycles. The second-order valence-electron chi connectivity index (χ2n) is 4.91. The molecule has 0 amide bonds. The van der Waals surface area contributed by atoms with Crippen molar-refractivity contribution < 1.29 is 5.11 Å². The molecule has 0 aliphatic rings. The summed E-state index contributed by atoms with van der Waals surface area (Å²) in [7, 11) is 1.91. The summed E-state index contributed by atoms with van der Waals surface area (Å²) in [4.78, 5) is 10.6. The molecule has 0 saturated carbocycles. The lowest BCUT2D eigenvalue weighted by atomic mass is 10.1. The van der Waals surface area contributed by atoms with Crippen molar-refractivity contribution in [3.63, 3.8) is 0 Å². The number of likely N-dealkylation sites (N-methyl/N-ethyl adjacent to an activating group) is 1. The Morgan fingerprint density at radius 2 is 2.11 bits per heavy atom. The molecular weight excluding hydrogens is 228 g/mol. The van der Waals surface area contributed by atoms with Crippen LogP contribution < -0.4 is 10.2 Å². The molecule has 1 rings (SSSR count). The van der Waals surface area contributed by atoms with Gasteiger partial charge in [0.25, 0.3) is 0 Å². The molecule has 18 heavy (non-hydrogen) atoms. The van der Waals surface area contributed by atoms with Crippen LogP contribution in [0.5, 0.6) is 0 Å². The van der Waals surface area contributed by atoms with Crippen molar-refractivity contribution in [2.45, 2.75) is 27.2 Å². The SMILES string of the molecule is Cc1nc(NCCC(C)C)cc(N(C)CCO)n1. The van der Waals surface area contributed by atoms with Gasteiger partial charge in [0, 0.05) is 26.2 Å². The Kier molecular flexibility index (Phi) is 5.85. The number of rotatable bonds is 7. The van der Waals surface area contributed by atoms with Gasteiger partial charge >= 0.3 is 0 Å². The Labute approximate surface area is 109 Å². The Hall–Kier alpha value is -1.36. The summed E-state index contributed by atoms with van der Waals surface area (Å²) < 4.78 is 0. The summed E-state index contributed by atoms with van der Waals surface area (Å²) in [5.41, 5.74) is 0. The first kappa shape index (κ1) is 14.7. The van der Waals surface area contributed by atoms with Crippen molar-refractivity contribution in [1.82, 2.24) is 9.97 Å². The third-order valence-corrected chi connectivity index (χ3v) is 2.68. The Morgan fingerprint density at radius 3 is 2.72 bits per heavy atom. The van der Waals surface area contributed by atoms with E-state index in [-0.39, 0.29) is 6.61 Å². The number of nitrogens with one attached hydrogen (secondary N) is 1. The topological polar surface area (TPSA) is 61.3 Å². The van der Waals surface area contributed by atoms with Crippen LogP contribution in [0.4, 0.5) is 11.6 Å². The fourth-order valence-electron chi connectivity index (χ4n) is 1.59. The number of aliphatic hydroxyl groups excluding tert-OH is 1. The minimum Gasteiger partial charge on any atom is -0.395 e. The molecule has 0 bridgehead atoms. The molecule has 5 heteroatoms. The van der Waals surface area contributed by atoms with Gasteiger partial charge < -0.3 is 15.3 Å². The summed E-state index contributed by atoms with van der Waals surface area (Å²) >= 11 is 0. The molecule has 2 N–H and O–H groups in total. The Bertz CT molecular complexity index is 368. The number of hydrogen-bond donors (Lipinski definition) is 2. The molecule has 0 aromatic carbocycles. The lowest BCUT2D eigenvalue weighted by Crippen LogP contribution is -2.23. The van der Waals surface area contributed by atoms with Crippen LogP contribution in [-0.2, 0) is 0 Å². The second-order valence-corrected chi connectivity index (χ2v) is 4.91. The zero-order valence-corrected chi connectivity index (χ0v) is 11.8. The average Bonchev–Trinajstić information content (AvgIpc) is 2.28. The van der Waals surface area contributed by atoms with E-state index in [0.717, 1.165) is 30.4 Å². The molecule has 0 fully saturated rings. The third kappa shape index (κ3) is 4.87. The number of nitrogens with zero attached hydrogens (tertiary/aromatic N) is 3. The van der Waals surface area contributed by atoms with E-state index < -0.39 is 0 Å². The minimum absolute atomic E-state index is 0.121. The minimum atomic E-state index is 0.121. The summed E-state index contributed by atoms with van der Waals surface area (Å²) in [5.74, 6) is 3.10.